The third-order valence-electron chi connectivity index (χ3n) is 3.90. The second kappa shape index (κ2) is 5.10. The first kappa shape index (κ1) is 12.8. The summed E-state index contributed by atoms with van der Waals surface area (Å²) in [5, 5.41) is 8.28. The second-order valence-corrected chi connectivity index (χ2v) is 5.60. The van der Waals surface area contributed by atoms with Gasteiger partial charge >= 0.3 is 0 Å². The summed E-state index contributed by atoms with van der Waals surface area (Å²) in [4.78, 5) is 17.3. The van der Waals surface area contributed by atoms with Gasteiger partial charge in [-0.05, 0) is 24.4 Å². The van der Waals surface area contributed by atoms with Gasteiger partial charge in [0.15, 0.2) is 5.82 Å². The molecular weight excluding hydrogens is 292 g/mol. The van der Waals surface area contributed by atoms with Gasteiger partial charge in [0.25, 0.3) is 0 Å². The number of anilines is 2. The molecule has 0 saturated carbocycles. The third kappa shape index (κ3) is 2.39. The van der Waals surface area contributed by atoms with Crippen LogP contribution >= 0.6 is 11.6 Å². The van der Waals surface area contributed by atoms with E-state index in [1.54, 1.807) is 6.33 Å². The minimum atomic E-state index is 0.244. The number of halogens is 1. The molecule has 110 valence electrons. The van der Waals surface area contributed by atoms with Crippen LogP contribution in [0.25, 0.3) is 0 Å². The Morgan fingerprint density at radius 2 is 1.67 bits per heavy atom. The fraction of sp³-hybridized carbons (Fsp3) is 0.583. The molecule has 2 aromatic rings. The largest absolute Gasteiger partial charge is 0.341 e. The third-order valence-corrected chi connectivity index (χ3v) is 4.06. The molecule has 1 saturated heterocycles. The Hall–Kier alpha value is -1.96. The first-order valence-electron chi connectivity index (χ1n) is 7.08. The molecule has 0 atom stereocenters. The summed E-state index contributed by atoms with van der Waals surface area (Å²) >= 11 is 6.08. The first-order valence-corrected chi connectivity index (χ1v) is 7.45. The van der Waals surface area contributed by atoms with E-state index in [0.717, 1.165) is 32.0 Å². The Morgan fingerprint density at radius 1 is 0.905 bits per heavy atom. The van der Waals surface area contributed by atoms with E-state index in [0.29, 0.717) is 18.4 Å². The van der Waals surface area contributed by atoms with Gasteiger partial charge in [-0.15, -0.1) is 10.2 Å². The predicted molar refractivity (Wildman–Crippen MR) is 77.4 cm³/mol. The SMILES string of the molecule is Clc1nc(N2CCCC2)nc(N2CCn3cnnc3C2)n1. The van der Waals surface area contributed by atoms with Crippen LogP contribution in [0.4, 0.5) is 11.9 Å². The van der Waals surface area contributed by atoms with Crippen molar-refractivity contribution in [3.05, 3.63) is 17.4 Å². The summed E-state index contributed by atoms with van der Waals surface area (Å²) < 4.78 is 2.04. The van der Waals surface area contributed by atoms with E-state index in [9.17, 15) is 0 Å². The number of hydrogen-bond acceptors (Lipinski definition) is 7. The van der Waals surface area contributed by atoms with Crippen LogP contribution in [0, 0.1) is 0 Å². The second-order valence-electron chi connectivity index (χ2n) is 5.26. The Bertz CT molecular complexity index is 650. The van der Waals surface area contributed by atoms with E-state index in [2.05, 4.69) is 34.9 Å². The van der Waals surface area contributed by atoms with Crippen molar-refractivity contribution < 1.29 is 0 Å². The van der Waals surface area contributed by atoms with Crippen LogP contribution in [0.3, 0.4) is 0 Å². The number of rotatable bonds is 2. The summed E-state index contributed by atoms with van der Waals surface area (Å²) in [6.07, 6.45) is 4.10. The number of hydrogen-bond donors (Lipinski definition) is 0. The molecule has 8 nitrogen and oxygen atoms in total. The normalized spacial score (nSPS) is 18.1. The van der Waals surface area contributed by atoms with Crippen molar-refractivity contribution in [3.8, 4) is 0 Å². The highest BCUT2D eigenvalue weighted by Crippen LogP contribution is 2.22. The number of aromatic nitrogens is 6. The van der Waals surface area contributed by atoms with Crippen molar-refractivity contribution >= 4 is 23.5 Å². The van der Waals surface area contributed by atoms with Crippen molar-refractivity contribution in [3.63, 3.8) is 0 Å². The first-order chi connectivity index (χ1) is 10.3. The lowest BCUT2D eigenvalue weighted by molar-refractivity contribution is 0.550. The maximum atomic E-state index is 6.08. The van der Waals surface area contributed by atoms with Gasteiger partial charge in [0.2, 0.25) is 17.2 Å². The van der Waals surface area contributed by atoms with E-state index < -0.39 is 0 Å². The highest BCUT2D eigenvalue weighted by molar-refractivity contribution is 6.28. The molecule has 0 aliphatic carbocycles. The quantitative estimate of drug-likeness (QED) is 0.810. The van der Waals surface area contributed by atoms with Gasteiger partial charge in [0, 0.05) is 26.2 Å². The maximum Gasteiger partial charge on any atom is 0.231 e. The Labute approximate surface area is 126 Å². The summed E-state index contributed by atoms with van der Waals surface area (Å²) in [6, 6.07) is 0. The standard InChI is InChI=1S/C12H15ClN8/c13-10-15-11(19-3-1-2-4-19)17-12(16-10)20-5-6-21-8-14-18-9(21)7-20/h8H,1-7H2. The summed E-state index contributed by atoms with van der Waals surface area (Å²) in [7, 11) is 0. The summed E-state index contributed by atoms with van der Waals surface area (Å²) in [5.74, 6) is 2.21. The molecule has 0 aromatic carbocycles. The van der Waals surface area contributed by atoms with Gasteiger partial charge in [0.05, 0.1) is 6.54 Å². The van der Waals surface area contributed by atoms with Crippen LogP contribution in [0.5, 0.6) is 0 Å². The smallest absolute Gasteiger partial charge is 0.231 e. The molecule has 0 radical (unpaired) electrons. The van der Waals surface area contributed by atoms with Crippen LogP contribution in [0.15, 0.2) is 6.33 Å². The number of nitrogens with zero attached hydrogens (tertiary/aromatic N) is 8. The molecule has 2 aliphatic rings. The summed E-state index contributed by atoms with van der Waals surface area (Å²) in [6.45, 7) is 4.23. The fourth-order valence-corrected chi connectivity index (χ4v) is 2.92. The van der Waals surface area contributed by atoms with Gasteiger partial charge in [-0.1, -0.05) is 0 Å². The van der Waals surface area contributed by atoms with Gasteiger partial charge in [-0.2, -0.15) is 15.0 Å². The molecule has 1 fully saturated rings. The molecule has 2 aliphatic heterocycles. The van der Waals surface area contributed by atoms with Crippen molar-refractivity contribution in [1.82, 2.24) is 29.7 Å². The fourth-order valence-electron chi connectivity index (χ4n) is 2.77. The Kier molecular flexibility index (Phi) is 3.10. The molecule has 21 heavy (non-hydrogen) atoms. The Morgan fingerprint density at radius 3 is 2.48 bits per heavy atom. The van der Waals surface area contributed by atoms with Gasteiger partial charge < -0.3 is 14.4 Å². The van der Waals surface area contributed by atoms with Crippen LogP contribution < -0.4 is 9.80 Å². The molecule has 0 N–H and O–H groups in total. The monoisotopic (exact) mass is 306 g/mol. The predicted octanol–water partition coefficient (Wildman–Crippen LogP) is 0.737. The summed E-state index contributed by atoms with van der Waals surface area (Å²) in [5.41, 5.74) is 0. The van der Waals surface area contributed by atoms with E-state index in [-0.39, 0.29) is 5.28 Å². The molecule has 0 bridgehead atoms. The average Bonchev–Trinajstić information content (AvgIpc) is 3.17. The van der Waals surface area contributed by atoms with Crippen LogP contribution in [-0.4, -0.2) is 49.4 Å². The average molecular weight is 307 g/mol. The Balaban J connectivity index is 1.63. The lowest BCUT2D eigenvalue weighted by Crippen LogP contribution is -2.35. The zero-order chi connectivity index (χ0) is 14.2. The lowest BCUT2D eigenvalue weighted by Gasteiger charge is -2.27. The van der Waals surface area contributed by atoms with Gasteiger partial charge in [-0.25, -0.2) is 0 Å². The van der Waals surface area contributed by atoms with Crippen molar-refractivity contribution in [2.24, 2.45) is 0 Å². The lowest BCUT2D eigenvalue weighted by atomic mass is 10.4. The van der Waals surface area contributed by atoms with Crippen LogP contribution in [0.2, 0.25) is 5.28 Å². The minimum absolute atomic E-state index is 0.244. The molecule has 0 amide bonds. The molecule has 0 spiro atoms. The van der Waals surface area contributed by atoms with E-state index in [1.807, 2.05) is 4.57 Å². The van der Waals surface area contributed by atoms with Crippen molar-refractivity contribution in [2.45, 2.75) is 25.9 Å². The van der Waals surface area contributed by atoms with E-state index in [1.165, 1.54) is 12.8 Å². The highest BCUT2D eigenvalue weighted by atomic mass is 35.5. The molecule has 9 heteroatoms. The van der Waals surface area contributed by atoms with Crippen molar-refractivity contribution in [1.29, 1.82) is 0 Å². The van der Waals surface area contributed by atoms with Gasteiger partial charge in [-0.3, -0.25) is 0 Å². The van der Waals surface area contributed by atoms with Gasteiger partial charge in [0.1, 0.15) is 6.33 Å². The minimum Gasteiger partial charge on any atom is -0.341 e. The zero-order valence-corrected chi connectivity index (χ0v) is 12.2. The molecule has 4 rings (SSSR count). The van der Waals surface area contributed by atoms with Crippen molar-refractivity contribution in [2.75, 3.05) is 29.4 Å². The highest BCUT2D eigenvalue weighted by Gasteiger charge is 2.23. The van der Waals surface area contributed by atoms with Crippen LogP contribution in [-0.2, 0) is 13.1 Å². The zero-order valence-electron chi connectivity index (χ0n) is 11.5. The molecular formula is C12H15ClN8. The maximum absolute atomic E-state index is 6.08. The molecule has 2 aromatic heterocycles. The number of fused-ring (bicyclic) bond motifs is 1. The van der Waals surface area contributed by atoms with E-state index >= 15 is 0 Å². The molecule has 0 unspecified atom stereocenters. The topological polar surface area (TPSA) is 75.9 Å². The van der Waals surface area contributed by atoms with E-state index in [4.69, 9.17) is 11.6 Å². The van der Waals surface area contributed by atoms with Crippen LogP contribution in [0.1, 0.15) is 18.7 Å². The molecule has 4 heterocycles.